The largest absolute Gasteiger partial charge is 0.454 e. The van der Waals surface area contributed by atoms with Crippen molar-refractivity contribution in [2.45, 2.75) is 125 Å². The average Bonchev–Trinajstić information content (AvgIpc) is 3.38. The summed E-state index contributed by atoms with van der Waals surface area (Å²) in [4.78, 5) is 26.6. The molecule has 0 saturated carbocycles. The van der Waals surface area contributed by atoms with E-state index in [1.165, 1.54) is 0 Å². The number of carbonyl (C=O) groups is 2. The minimum Gasteiger partial charge on any atom is -0.454 e. The van der Waals surface area contributed by atoms with Gasteiger partial charge < -0.3 is 28.4 Å². The highest BCUT2D eigenvalue weighted by Gasteiger charge is 2.66. The van der Waals surface area contributed by atoms with E-state index in [1.54, 1.807) is 0 Å². The fraction of sp³-hybridized carbons (Fsp3) is 0.812. The van der Waals surface area contributed by atoms with Gasteiger partial charge in [-0.2, -0.15) is 0 Å². The first kappa shape index (κ1) is 32.4. The van der Waals surface area contributed by atoms with Crippen LogP contribution in [0.5, 0.6) is 0 Å². The van der Waals surface area contributed by atoms with E-state index >= 15 is 0 Å². The Morgan fingerprint density at radius 2 is 1.68 bits per heavy atom. The topological polar surface area (TPSA) is 89.5 Å². The molecule has 0 spiro atoms. The predicted molar refractivity (Wildman–Crippen MR) is 158 cm³/mol. The van der Waals surface area contributed by atoms with Crippen molar-refractivity contribution in [3.8, 4) is 0 Å². The lowest BCUT2D eigenvalue weighted by molar-refractivity contribution is -0.246. The van der Waals surface area contributed by atoms with Crippen molar-refractivity contribution in [2.75, 3.05) is 12.8 Å². The van der Waals surface area contributed by atoms with Crippen molar-refractivity contribution < 1.29 is 38.0 Å². The summed E-state index contributed by atoms with van der Waals surface area (Å²) in [6.07, 6.45) is 3.86. The standard InChI is InChI=1S/C32H52O8Si/c1-19-15-20(16-35-18-41(10,11)12)13-14-21(19)32(9)39-25-23-22(37-27(25)40-32)24(26(33)36-23)38-28(34)31(8,30(5,6)7)17-29(2,3)4/h13-15,19,21-25,27H,16-18H2,1-12H3. The Bertz CT molecular complexity index is 1080. The van der Waals surface area contributed by atoms with Crippen molar-refractivity contribution in [1.29, 1.82) is 0 Å². The third-order valence-corrected chi connectivity index (χ3v) is 9.97. The number of fused-ring (bicyclic) bond motifs is 3. The van der Waals surface area contributed by atoms with Gasteiger partial charge in [-0.15, -0.1) is 0 Å². The van der Waals surface area contributed by atoms with Crippen molar-refractivity contribution in [2.24, 2.45) is 28.1 Å². The fourth-order valence-electron chi connectivity index (χ4n) is 6.46. The molecule has 0 aromatic heterocycles. The highest BCUT2D eigenvalue weighted by atomic mass is 28.3. The molecular weight excluding hydrogens is 540 g/mol. The minimum atomic E-state index is -1.27. The maximum atomic E-state index is 13.6. The van der Waals surface area contributed by atoms with Gasteiger partial charge in [-0.1, -0.05) is 86.3 Å². The van der Waals surface area contributed by atoms with Crippen LogP contribution in [0, 0.1) is 28.1 Å². The van der Waals surface area contributed by atoms with E-state index in [0.29, 0.717) is 13.0 Å². The molecule has 8 nitrogen and oxygen atoms in total. The van der Waals surface area contributed by atoms with Gasteiger partial charge in [0.05, 0.1) is 20.1 Å². The molecule has 0 N–H and O–H groups in total. The van der Waals surface area contributed by atoms with Gasteiger partial charge >= 0.3 is 11.9 Å². The van der Waals surface area contributed by atoms with Crippen LogP contribution in [0.3, 0.4) is 0 Å². The van der Waals surface area contributed by atoms with E-state index < -0.39 is 61.9 Å². The predicted octanol–water partition coefficient (Wildman–Crippen LogP) is 5.81. The summed E-state index contributed by atoms with van der Waals surface area (Å²) in [6, 6.07) is 0. The second-order valence-electron chi connectivity index (χ2n) is 16.3. The quantitative estimate of drug-likeness (QED) is 0.258. The SMILES string of the molecule is CC1C=C(COC[Si](C)(C)C)C=CC1C1(C)OC2OC3C(OC(=O)C(C)(CC(C)(C)C)C(C)(C)C)C(=O)OC3C2O1. The van der Waals surface area contributed by atoms with Crippen LogP contribution in [0.15, 0.2) is 23.8 Å². The molecule has 41 heavy (non-hydrogen) atoms. The first-order chi connectivity index (χ1) is 18.6. The van der Waals surface area contributed by atoms with E-state index in [2.05, 4.69) is 65.6 Å². The summed E-state index contributed by atoms with van der Waals surface area (Å²) in [7, 11) is -1.27. The number of hydrogen-bond acceptors (Lipinski definition) is 8. The van der Waals surface area contributed by atoms with E-state index in [4.69, 9.17) is 28.4 Å². The molecule has 3 aliphatic heterocycles. The summed E-state index contributed by atoms with van der Waals surface area (Å²) < 4.78 is 36.6. The molecule has 9 heteroatoms. The Balaban J connectivity index is 1.41. The van der Waals surface area contributed by atoms with Crippen LogP contribution in [0.25, 0.3) is 0 Å². The summed E-state index contributed by atoms with van der Waals surface area (Å²) in [5.74, 6) is -1.91. The normalized spacial score (nSPS) is 36.8. The van der Waals surface area contributed by atoms with Crippen LogP contribution in [0.1, 0.15) is 68.7 Å². The van der Waals surface area contributed by atoms with Gasteiger partial charge in [0.2, 0.25) is 6.10 Å². The highest BCUT2D eigenvalue weighted by Crippen LogP contribution is 2.50. The van der Waals surface area contributed by atoms with Gasteiger partial charge in [-0.25, -0.2) is 4.79 Å². The van der Waals surface area contributed by atoms with Crippen molar-refractivity contribution in [3.05, 3.63) is 23.8 Å². The number of hydrogen-bond donors (Lipinski definition) is 0. The molecule has 0 radical (unpaired) electrons. The maximum Gasteiger partial charge on any atom is 0.350 e. The lowest BCUT2D eigenvalue weighted by Crippen LogP contribution is -2.48. The smallest absolute Gasteiger partial charge is 0.350 e. The molecule has 9 atom stereocenters. The third kappa shape index (κ3) is 6.69. The minimum absolute atomic E-state index is 0.0634. The molecule has 3 saturated heterocycles. The Morgan fingerprint density at radius 3 is 2.24 bits per heavy atom. The first-order valence-electron chi connectivity index (χ1n) is 15.0. The van der Waals surface area contributed by atoms with Crippen molar-refractivity contribution in [3.63, 3.8) is 0 Å². The Hall–Kier alpha value is -1.52. The summed E-state index contributed by atoms with van der Waals surface area (Å²) >= 11 is 0. The molecule has 3 fully saturated rings. The van der Waals surface area contributed by atoms with Crippen LogP contribution < -0.4 is 0 Å². The van der Waals surface area contributed by atoms with Crippen LogP contribution in [0.4, 0.5) is 0 Å². The van der Waals surface area contributed by atoms with Gasteiger partial charge in [0.25, 0.3) is 0 Å². The number of carbonyl (C=O) groups excluding carboxylic acids is 2. The van der Waals surface area contributed by atoms with Crippen LogP contribution in [-0.2, 0) is 38.0 Å². The van der Waals surface area contributed by atoms with E-state index in [-0.39, 0.29) is 22.7 Å². The first-order valence-corrected chi connectivity index (χ1v) is 18.7. The zero-order chi connectivity index (χ0) is 30.8. The third-order valence-electron chi connectivity index (χ3n) is 8.90. The molecular formula is C32H52O8Si. The molecule has 232 valence electrons. The molecule has 9 unspecified atom stereocenters. The van der Waals surface area contributed by atoms with Crippen molar-refractivity contribution >= 4 is 20.0 Å². The molecule has 4 rings (SSSR count). The Kier molecular flexibility index (Phi) is 8.60. The molecule has 0 aromatic rings. The van der Waals surface area contributed by atoms with Gasteiger partial charge in [0.15, 0.2) is 24.3 Å². The summed E-state index contributed by atoms with van der Waals surface area (Å²) in [5, 5.41) is 0. The molecule has 1 aliphatic carbocycles. The molecule has 4 aliphatic rings. The van der Waals surface area contributed by atoms with E-state index in [1.807, 2.05) is 34.6 Å². The maximum absolute atomic E-state index is 13.6. The van der Waals surface area contributed by atoms with Gasteiger partial charge in [0, 0.05) is 12.1 Å². The van der Waals surface area contributed by atoms with Gasteiger partial charge in [0.1, 0.15) is 6.10 Å². The summed E-state index contributed by atoms with van der Waals surface area (Å²) in [5.41, 5.74) is -0.180. The molecule has 0 amide bonds. The Labute approximate surface area is 247 Å². The molecule has 3 heterocycles. The van der Waals surface area contributed by atoms with Crippen LogP contribution in [-0.4, -0.2) is 69.3 Å². The fourth-order valence-corrected chi connectivity index (χ4v) is 7.17. The van der Waals surface area contributed by atoms with Crippen LogP contribution >= 0.6 is 0 Å². The number of rotatable bonds is 8. The lowest BCUT2D eigenvalue weighted by Gasteiger charge is -2.43. The average molecular weight is 593 g/mol. The second kappa shape index (κ2) is 10.9. The second-order valence-corrected chi connectivity index (χ2v) is 21.7. The monoisotopic (exact) mass is 592 g/mol. The number of allylic oxidation sites excluding steroid dienone is 1. The zero-order valence-corrected chi connectivity index (χ0v) is 28.2. The summed E-state index contributed by atoms with van der Waals surface area (Å²) in [6.45, 7) is 25.8. The lowest BCUT2D eigenvalue weighted by atomic mass is 9.61. The zero-order valence-electron chi connectivity index (χ0n) is 27.2. The number of esters is 2. The highest BCUT2D eigenvalue weighted by molar-refractivity contribution is 6.76. The van der Waals surface area contributed by atoms with Gasteiger partial charge in [-0.05, 0) is 42.6 Å². The Morgan fingerprint density at radius 1 is 1.02 bits per heavy atom. The number of ether oxygens (including phenoxy) is 6. The van der Waals surface area contributed by atoms with Gasteiger partial charge in [-0.3, -0.25) is 4.79 Å². The van der Waals surface area contributed by atoms with E-state index in [9.17, 15) is 9.59 Å². The molecule has 0 bridgehead atoms. The van der Waals surface area contributed by atoms with Crippen LogP contribution in [0.2, 0.25) is 19.6 Å². The van der Waals surface area contributed by atoms with E-state index in [0.717, 1.165) is 11.8 Å². The molecule has 0 aromatic carbocycles. The van der Waals surface area contributed by atoms with Crippen molar-refractivity contribution in [1.82, 2.24) is 0 Å².